The van der Waals surface area contributed by atoms with Crippen molar-refractivity contribution in [3.05, 3.63) is 28.8 Å². The molecule has 1 aliphatic rings. The summed E-state index contributed by atoms with van der Waals surface area (Å²) in [5.74, 6) is -0.844. The summed E-state index contributed by atoms with van der Waals surface area (Å²) < 4.78 is 0. The van der Waals surface area contributed by atoms with Gasteiger partial charge < -0.3 is 15.7 Å². The molecule has 0 radical (unpaired) electrons. The summed E-state index contributed by atoms with van der Waals surface area (Å²) in [5.41, 5.74) is 0.717. The lowest BCUT2D eigenvalue weighted by atomic mass is 9.69. The third kappa shape index (κ3) is 3.04. The maximum atomic E-state index is 11.8. The lowest BCUT2D eigenvalue weighted by Gasteiger charge is -2.37. The molecule has 0 unspecified atom stereocenters. The minimum absolute atomic E-state index is 0.147. The number of carboxylic acids is 1. The van der Waals surface area contributed by atoms with Crippen LogP contribution in [-0.2, 0) is 4.79 Å². The molecule has 0 aromatic heterocycles. The van der Waals surface area contributed by atoms with E-state index >= 15 is 0 Å². The molecule has 3 N–H and O–H groups in total. The first-order chi connectivity index (χ1) is 9.43. The number of carboxylic acid groups (broad SMARTS) is 1. The molecule has 0 atom stereocenters. The van der Waals surface area contributed by atoms with E-state index < -0.39 is 17.4 Å². The number of hydrogen-bond acceptors (Lipinski definition) is 2. The normalized spacial score (nSPS) is 16.1. The summed E-state index contributed by atoms with van der Waals surface area (Å²) in [5, 5.41) is 15.0. The third-order valence-electron chi connectivity index (χ3n) is 3.80. The van der Waals surface area contributed by atoms with Crippen molar-refractivity contribution < 1.29 is 14.7 Å². The van der Waals surface area contributed by atoms with Gasteiger partial charge in [-0.05, 0) is 37.5 Å². The van der Waals surface area contributed by atoms with Gasteiger partial charge in [-0.2, -0.15) is 0 Å². The summed E-state index contributed by atoms with van der Waals surface area (Å²) >= 11 is 5.87. The van der Waals surface area contributed by atoms with Gasteiger partial charge in [-0.25, -0.2) is 4.79 Å². The number of aliphatic carboxylic acids is 1. The molecule has 0 aliphatic heterocycles. The van der Waals surface area contributed by atoms with E-state index in [0.29, 0.717) is 23.6 Å². The Kier molecular flexibility index (Phi) is 4.18. The van der Waals surface area contributed by atoms with E-state index in [-0.39, 0.29) is 6.54 Å². The third-order valence-corrected chi connectivity index (χ3v) is 4.03. The van der Waals surface area contributed by atoms with Gasteiger partial charge in [-0.1, -0.05) is 24.1 Å². The molecule has 0 bridgehead atoms. The Bertz CT molecular complexity index is 541. The van der Waals surface area contributed by atoms with E-state index in [1.165, 1.54) is 0 Å². The van der Waals surface area contributed by atoms with Crippen LogP contribution < -0.4 is 10.6 Å². The molecule has 2 rings (SSSR count). The number of rotatable bonds is 4. The number of aryl methyl sites for hydroxylation is 1. The fourth-order valence-corrected chi connectivity index (χ4v) is 2.39. The minimum Gasteiger partial charge on any atom is -0.481 e. The topological polar surface area (TPSA) is 78.4 Å². The summed E-state index contributed by atoms with van der Waals surface area (Å²) in [4.78, 5) is 23.0. The van der Waals surface area contributed by atoms with Crippen LogP contribution in [0.2, 0.25) is 5.02 Å². The van der Waals surface area contributed by atoms with E-state index in [1.54, 1.807) is 12.1 Å². The Balaban J connectivity index is 1.93. The van der Waals surface area contributed by atoms with Crippen LogP contribution in [-0.4, -0.2) is 23.7 Å². The number of carbonyl (C=O) groups is 2. The van der Waals surface area contributed by atoms with E-state index in [4.69, 9.17) is 11.6 Å². The van der Waals surface area contributed by atoms with Crippen LogP contribution in [0.1, 0.15) is 24.8 Å². The van der Waals surface area contributed by atoms with Gasteiger partial charge in [0.2, 0.25) is 0 Å². The van der Waals surface area contributed by atoms with E-state index in [0.717, 1.165) is 12.0 Å². The monoisotopic (exact) mass is 296 g/mol. The van der Waals surface area contributed by atoms with Crippen molar-refractivity contribution in [2.75, 3.05) is 11.9 Å². The number of amides is 2. The van der Waals surface area contributed by atoms with Crippen LogP contribution in [0.15, 0.2) is 18.2 Å². The van der Waals surface area contributed by atoms with E-state index in [2.05, 4.69) is 10.6 Å². The second kappa shape index (κ2) is 5.71. The number of hydrogen-bond donors (Lipinski definition) is 3. The number of benzene rings is 1. The van der Waals surface area contributed by atoms with E-state index in [9.17, 15) is 14.7 Å². The van der Waals surface area contributed by atoms with Gasteiger partial charge in [0.25, 0.3) is 0 Å². The molecule has 1 aromatic rings. The fourth-order valence-electron chi connectivity index (χ4n) is 2.21. The van der Waals surface area contributed by atoms with Crippen molar-refractivity contribution in [2.24, 2.45) is 5.41 Å². The first-order valence-corrected chi connectivity index (χ1v) is 6.85. The van der Waals surface area contributed by atoms with Gasteiger partial charge in [-0.3, -0.25) is 4.79 Å². The van der Waals surface area contributed by atoms with Crippen LogP contribution in [0.4, 0.5) is 10.5 Å². The maximum absolute atomic E-state index is 11.8. The number of halogens is 1. The number of nitrogens with one attached hydrogen (secondary N) is 2. The van der Waals surface area contributed by atoms with Gasteiger partial charge in [0, 0.05) is 17.3 Å². The SMILES string of the molecule is Cc1ccc(Cl)cc1NC(=O)NCC1(C(=O)O)CCC1. The lowest BCUT2D eigenvalue weighted by molar-refractivity contribution is -0.153. The Hall–Kier alpha value is -1.75. The standard InChI is InChI=1S/C14H17ClN2O3/c1-9-3-4-10(15)7-11(9)17-13(20)16-8-14(12(18)19)5-2-6-14/h3-4,7H,2,5-6,8H2,1H3,(H,18,19)(H2,16,17,20). The van der Waals surface area contributed by atoms with Crippen molar-refractivity contribution in [3.63, 3.8) is 0 Å². The van der Waals surface area contributed by atoms with Crippen molar-refractivity contribution in [3.8, 4) is 0 Å². The van der Waals surface area contributed by atoms with Crippen LogP contribution in [0.3, 0.4) is 0 Å². The van der Waals surface area contributed by atoms with Crippen LogP contribution in [0.5, 0.6) is 0 Å². The van der Waals surface area contributed by atoms with Crippen LogP contribution >= 0.6 is 11.6 Å². The smallest absolute Gasteiger partial charge is 0.319 e. The van der Waals surface area contributed by atoms with Gasteiger partial charge >= 0.3 is 12.0 Å². The summed E-state index contributed by atoms with van der Waals surface area (Å²) in [6.45, 7) is 2.00. The molecule has 1 saturated carbocycles. The van der Waals surface area contributed by atoms with Gasteiger partial charge in [0.15, 0.2) is 0 Å². The Labute approximate surface area is 122 Å². The zero-order valence-corrected chi connectivity index (χ0v) is 12.0. The van der Waals surface area contributed by atoms with Crippen molar-refractivity contribution in [1.82, 2.24) is 5.32 Å². The second-order valence-electron chi connectivity index (χ2n) is 5.21. The highest BCUT2D eigenvalue weighted by Gasteiger charge is 2.44. The molecule has 108 valence electrons. The number of urea groups is 1. The minimum atomic E-state index is -0.844. The molecule has 2 amide bonds. The molecule has 0 heterocycles. The zero-order valence-electron chi connectivity index (χ0n) is 11.2. The first kappa shape index (κ1) is 14.7. The molecule has 0 spiro atoms. The average molecular weight is 297 g/mol. The predicted octanol–water partition coefficient (Wildman–Crippen LogP) is 3.02. The summed E-state index contributed by atoms with van der Waals surface area (Å²) in [6.07, 6.45) is 2.11. The van der Waals surface area contributed by atoms with Crippen molar-refractivity contribution in [1.29, 1.82) is 0 Å². The van der Waals surface area contributed by atoms with Crippen molar-refractivity contribution in [2.45, 2.75) is 26.2 Å². The van der Waals surface area contributed by atoms with Crippen LogP contribution in [0.25, 0.3) is 0 Å². The Morgan fingerprint density at radius 1 is 1.40 bits per heavy atom. The molecule has 1 fully saturated rings. The highest BCUT2D eigenvalue weighted by molar-refractivity contribution is 6.31. The van der Waals surface area contributed by atoms with Crippen molar-refractivity contribution >= 4 is 29.3 Å². The fraction of sp³-hybridized carbons (Fsp3) is 0.429. The predicted molar refractivity (Wildman–Crippen MR) is 77.1 cm³/mol. The molecule has 1 aromatic carbocycles. The highest BCUT2D eigenvalue weighted by atomic mass is 35.5. The Morgan fingerprint density at radius 2 is 2.10 bits per heavy atom. The molecular formula is C14H17ClN2O3. The van der Waals surface area contributed by atoms with E-state index in [1.807, 2.05) is 13.0 Å². The number of carbonyl (C=O) groups excluding carboxylic acids is 1. The highest BCUT2D eigenvalue weighted by Crippen LogP contribution is 2.40. The quantitative estimate of drug-likeness (QED) is 0.799. The molecule has 5 nitrogen and oxygen atoms in total. The maximum Gasteiger partial charge on any atom is 0.319 e. The first-order valence-electron chi connectivity index (χ1n) is 6.47. The Morgan fingerprint density at radius 3 is 2.65 bits per heavy atom. The molecule has 6 heteroatoms. The second-order valence-corrected chi connectivity index (χ2v) is 5.64. The number of anilines is 1. The molecule has 0 saturated heterocycles. The van der Waals surface area contributed by atoms with Gasteiger partial charge in [-0.15, -0.1) is 0 Å². The van der Waals surface area contributed by atoms with Gasteiger partial charge in [0.1, 0.15) is 0 Å². The summed E-state index contributed by atoms with van der Waals surface area (Å²) in [7, 11) is 0. The summed E-state index contributed by atoms with van der Waals surface area (Å²) in [6, 6.07) is 4.80. The lowest BCUT2D eigenvalue weighted by Crippen LogP contribution is -2.48. The van der Waals surface area contributed by atoms with Gasteiger partial charge in [0.05, 0.1) is 5.41 Å². The molecular weight excluding hydrogens is 280 g/mol. The molecule has 20 heavy (non-hydrogen) atoms. The van der Waals surface area contributed by atoms with Crippen LogP contribution in [0, 0.1) is 12.3 Å². The average Bonchev–Trinajstić information content (AvgIpc) is 2.32. The largest absolute Gasteiger partial charge is 0.481 e. The molecule has 1 aliphatic carbocycles. The zero-order chi connectivity index (χ0) is 14.8.